The van der Waals surface area contributed by atoms with Crippen LogP contribution in [-0.4, -0.2) is 18.0 Å². The maximum absolute atomic E-state index is 11.8. The fraction of sp³-hybridized carbons (Fsp3) is 0.176. The maximum atomic E-state index is 11.8. The summed E-state index contributed by atoms with van der Waals surface area (Å²) in [6, 6.07) is 10.8. The highest BCUT2D eigenvalue weighted by atomic mass is 16.6. The topological polar surface area (TPSA) is 61.0 Å². The molecular formula is C17H15NO4. The van der Waals surface area contributed by atoms with E-state index in [4.69, 9.17) is 13.9 Å². The molecule has 5 nitrogen and oxygen atoms in total. The van der Waals surface area contributed by atoms with Crippen LogP contribution in [0, 0.1) is 0 Å². The summed E-state index contributed by atoms with van der Waals surface area (Å²) in [5.74, 6) is 0.901. The monoisotopic (exact) mass is 297 g/mol. The molecule has 0 fully saturated rings. The van der Waals surface area contributed by atoms with Crippen LogP contribution in [0.15, 0.2) is 57.8 Å². The zero-order valence-corrected chi connectivity index (χ0v) is 12.3. The van der Waals surface area contributed by atoms with E-state index in [1.54, 1.807) is 18.2 Å². The Balaban J connectivity index is 1.81. The maximum Gasteiger partial charge on any atom is 0.363 e. The van der Waals surface area contributed by atoms with E-state index in [1.807, 2.05) is 38.1 Å². The Bertz CT molecular complexity index is 725. The molecule has 2 aromatic rings. The van der Waals surface area contributed by atoms with Crippen LogP contribution in [-0.2, 0) is 9.53 Å². The molecule has 112 valence electrons. The van der Waals surface area contributed by atoms with Crippen molar-refractivity contribution in [3.8, 4) is 5.75 Å². The van der Waals surface area contributed by atoms with Gasteiger partial charge in [0.2, 0.25) is 0 Å². The van der Waals surface area contributed by atoms with Gasteiger partial charge in [0.15, 0.2) is 11.5 Å². The average Bonchev–Trinajstić information content (AvgIpc) is 3.11. The first kappa shape index (κ1) is 14.1. The molecule has 0 N–H and O–H groups in total. The van der Waals surface area contributed by atoms with Gasteiger partial charge in [-0.15, -0.1) is 0 Å². The first-order chi connectivity index (χ1) is 10.6. The second-order valence-corrected chi connectivity index (χ2v) is 5.05. The van der Waals surface area contributed by atoms with Crippen LogP contribution in [0.3, 0.4) is 0 Å². The van der Waals surface area contributed by atoms with Gasteiger partial charge in [-0.1, -0.05) is 12.1 Å². The molecule has 1 aromatic carbocycles. The van der Waals surface area contributed by atoms with Crippen LogP contribution >= 0.6 is 0 Å². The zero-order chi connectivity index (χ0) is 15.5. The fourth-order valence-corrected chi connectivity index (χ4v) is 1.99. The summed E-state index contributed by atoms with van der Waals surface area (Å²) in [4.78, 5) is 16.0. The number of esters is 1. The lowest BCUT2D eigenvalue weighted by Crippen LogP contribution is -2.05. The van der Waals surface area contributed by atoms with Crippen molar-refractivity contribution in [1.82, 2.24) is 0 Å². The molecule has 5 heteroatoms. The quantitative estimate of drug-likeness (QED) is 0.641. The van der Waals surface area contributed by atoms with E-state index in [2.05, 4.69) is 4.99 Å². The second kappa shape index (κ2) is 5.89. The van der Waals surface area contributed by atoms with Gasteiger partial charge in [0.25, 0.3) is 5.90 Å². The molecular weight excluding hydrogens is 282 g/mol. The smallest absolute Gasteiger partial charge is 0.363 e. The van der Waals surface area contributed by atoms with E-state index in [9.17, 15) is 4.79 Å². The molecule has 0 amide bonds. The number of nitrogens with zero attached hydrogens (tertiary/aromatic N) is 1. The zero-order valence-electron chi connectivity index (χ0n) is 12.3. The minimum atomic E-state index is -0.492. The van der Waals surface area contributed by atoms with E-state index >= 15 is 0 Å². The number of ether oxygens (including phenoxy) is 2. The Morgan fingerprint density at radius 2 is 1.95 bits per heavy atom. The van der Waals surface area contributed by atoms with Crippen LogP contribution in [0.1, 0.15) is 25.2 Å². The SMILES string of the molecule is CC(C)Oc1ccc(/C=C2\N=C(c3ccco3)OC2=O)cc1. The van der Waals surface area contributed by atoms with Crippen molar-refractivity contribution in [1.29, 1.82) is 0 Å². The lowest BCUT2D eigenvalue weighted by Gasteiger charge is -2.09. The van der Waals surface area contributed by atoms with Gasteiger partial charge in [0, 0.05) is 0 Å². The lowest BCUT2D eigenvalue weighted by atomic mass is 10.2. The van der Waals surface area contributed by atoms with Gasteiger partial charge in [0.1, 0.15) is 5.75 Å². The predicted octanol–water partition coefficient (Wildman–Crippen LogP) is 3.41. The van der Waals surface area contributed by atoms with Crippen molar-refractivity contribution in [3.05, 3.63) is 59.7 Å². The fourth-order valence-electron chi connectivity index (χ4n) is 1.99. The van der Waals surface area contributed by atoms with Crippen LogP contribution in [0.25, 0.3) is 6.08 Å². The summed E-state index contributed by atoms with van der Waals surface area (Å²) in [6.45, 7) is 3.94. The van der Waals surface area contributed by atoms with Gasteiger partial charge in [-0.05, 0) is 49.8 Å². The first-order valence-corrected chi connectivity index (χ1v) is 6.95. The standard InChI is InChI=1S/C17H15NO4/c1-11(2)21-13-7-5-12(6-8-13)10-14-17(19)22-16(18-14)15-4-3-9-20-15/h3-11H,1-2H3/b14-10-. The van der Waals surface area contributed by atoms with Crippen molar-refractivity contribution in [2.75, 3.05) is 0 Å². The Labute approximate surface area is 127 Å². The summed E-state index contributed by atoms with van der Waals surface area (Å²) in [5.41, 5.74) is 1.08. The number of carbonyl (C=O) groups excluding carboxylic acids is 1. The number of hydrogen-bond acceptors (Lipinski definition) is 5. The number of cyclic esters (lactones) is 1. The Morgan fingerprint density at radius 3 is 2.59 bits per heavy atom. The van der Waals surface area contributed by atoms with Crippen molar-refractivity contribution < 1.29 is 18.7 Å². The molecule has 0 unspecified atom stereocenters. The van der Waals surface area contributed by atoms with Crippen LogP contribution in [0.5, 0.6) is 5.75 Å². The van der Waals surface area contributed by atoms with E-state index in [1.165, 1.54) is 6.26 Å². The highest BCUT2D eigenvalue weighted by Crippen LogP contribution is 2.21. The van der Waals surface area contributed by atoms with Crippen molar-refractivity contribution in [2.24, 2.45) is 4.99 Å². The highest BCUT2D eigenvalue weighted by Gasteiger charge is 2.25. The molecule has 0 saturated carbocycles. The van der Waals surface area contributed by atoms with Crippen LogP contribution < -0.4 is 4.74 Å². The third-order valence-electron chi connectivity index (χ3n) is 2.91. The molecule has 3 rings (SSSR count). The van der Waals surface area contributed by atoms with Crippen molar-refractivity contribution in [2.45, 2.75) is 20.0 Å². The molecule has 1 aromatic heterocycles. The van der Waals surface area contributed by atoms with E-state index in [-0.39, 0.29) is 17.7 Å². The van der Waals surface area contributed by atoms with Gasteiger partial charge >= 0.3 is 5.97 Å². The van der Waals surface area contributed by atoms with Gasteiger partial charge in [-0.25, -0.2) is 9.79 Å². The van der Waals surface area contributed by atoms with E-state index in [0.29, 0.717) is 5.76 Å². The third-order valence-corrected chi connectivity index (χ3v) is 2.91. The molecule has 2 heterocycles. The van der Waals surface area contributed by atoms with E-state index < -0.39 is 5.97 Å². The van der Waals surface area contributed by atoms with Crippen molar-refractivity contribution in [3.63, 3.8) is 0 Å². The number of carbonyl (C=O) groups is 1. The van der Waals surface area contributed by atoms with Crippen molar-refractivity contribution >= 4 is 17.9 Å². The van der Waals surface area contributed by atoms with Crippen LogP contribution in [0.2, 0.25) is 0 Å². The predicted molar refractivity (Wildman–Crippen MR) is 81.5 cm³/mol. The minimum Gasteiger partial charge on any atom is -0.491 e. The summed E-state index contributed by atoms with van der Waals surface area (Å²) in [7, 11) is 0. The normalized spacial score (nSPS) is 16.0. The van der Waals surface area contributed by atoms with Gasteiger partial charge in [0.05, 0.1) is 12.4 Å². The molecule has 0 spiro atoms. The number of furan rings is 1. The number of aliphatic imine (C=N–C) groups is 1. The van der Waals surface area contributed by atoms with Gasteiger partial charge < -0.3 is 13.9 Å². The summed E-state index contributed by atoms with van der Waals surface area (Å²) in [5, 5.41) is 0. The molecule has 0 aliphatic carbocycles. The third kappa shape index (κ3) is 3.09. The lowest BCUT2D eigenvalue weighted by molar-refractivity contribution is -0.130. The second-order valence-electron chi connectivity index (χ2n) is 5.05. The average molecular weight is 297 g/mol. The van der Waals surface area contributed by atoms with Gasteiger partial charge in [-0.2, -0.15) is 0 Å². The molecule has 0 bridgehead atoms. The Hall–Kier alpha value is -2.82. The highest BCUT2D eigenvalue weighted by molar-refractivity contribution is 6.11. The molecule has 0 saturated heterocycles. The molecule has 22 heavy (non-hydrogen) atoms. The minimum absolute atomic E-state index is 0.120. The number of hydrogen-bond donors (Lipinski definition) is 0. The number of rotatable bonds is 4. The molecule has 1 aliphatic rings. The van der Waals surface area contributed by atoms with Gasteiger partial charge in [-0.3, -0.25) is 0 Å². The Morgan fingerprint density at radius 1 is 1.18 bits per heavy atom. The van der Waals surface area contributed by atoms with Crippen LogP contribution in [0.4, 0.5) is 0 Å². The molecule has 0 atom stereocenters. The summed E-state index contributed by atoms with van der Waals surface area (Å²) in [6.07, 6.45) is 3.28. The first-order valence-electron chi connectivity index (χ1n) is 6.95. The van der Waals surface area contributed by atoms with E-state index in [0.717, 1.165) is 11.3 Å². The largest absolute Gasteiger partial charge is 0.491 e. The molecule has 0 radical (unpaired) electrons. The Kier molecular flexibility index (Phi) is 3.78. The summed E-state index contributed by atoms with van der Waals surface area (Å²) >= 11 is 0. The number of benzene rings is 1. The summed E-state index contributed by atoms with van der Waals surface area (Å²) < 4.78 is 15.8. The molecule has 1 aliphatic heterocycles.